The van der Waals surface area contributed by atoms with Gasteiger partial charge in [0.1, 0.15) is 5.00 Å². The summed E-state index contributed by atoms with van der Waals surface area (Å²) in [4.78, 5) is 28.4. The highest BCUT2D eigenvalue weighted by atomic mass is 35.5. The number of hydrogen-bond donors (Lipinski definition) is 2. The molecule has 8 nitrogen and oxygen atoms in total. The standard InChI is InChI=1S/C25H23ClN2O6S2/c26-17-7-5-16(6-8-17)21-9-10-22(35-21)28(36(32)33)25(24(30)31)15-20(25)18-3-1-2-4-19(18)23(29)27-11-13-34-14-12-27/h1-10,20H,11-15H2,(H,30,31)(H,32,33). The number of morpholine rings is 1. The molecule has 2 aliphatic rings. The van der Waals surface area contributed by atoms with Gasteiger partial charge in [0.05, 0.1) is 13.2 Å². The minimum absolute atomic E-state index is 0.0935. The lowest BCUT2D eigenvalue weighted by atomic mass is 9.98. The second-order valence-corrected chi connectivity index (χ2v) is 11.0. The van der Waals surface area contributed by atoms with E-state index in [0.717, 1.165) is 14.7 Å². The zero-order valence-corrected chi connectivity index (χ0v) is 21.4. The summed E-state index contributed by atoms with van der Waals surface area (Å²) in [5.41, 5.74) is 0.159. The fourth-order valence-corrected chi connectivity index (χ4v) is 6.92. The summed E-state index contributed by atoms with van der Waals surface area (Å²) in [7, 11) is 0. The molecule has 1 aliphatic heterocycles. The SMILES string of the molecule is O=C(c1ccccc1C1CC1(C(=O)O)N(c1ccc(-c2ccc(Cl)cc2)s1)S(=O)O)N1CCOCC1. The van der Waals surface area contributed by atoms with Crippen LogP contribution in [-0.2, 0) is 20.8 Å². The zero-order chi connectivity index (χ0) is 25.4. The first kappa shape index (κ1) is 24.9. The van der Waals surface area contributed by atoms with E-state index in [1.165, 1.54) is 11.3 Å². The molecule has 0 spiro atoms. The van der Waals surface area contributed by atoms with Gasteiger partial charge in [0.15, 0.2) is 5.54 Å². The molecule has 36 heavy (non-hydrogen) atoms. The molecule has 3 atom stereocenters. The third-order valence-corrected chi connectivity index (χ3v) is 8.93. The number of anilines is 1. The Hall–Kier alpha value is -2.76. The number of carboxylic acids is 1. The van der Waals surface area contributed by atoms with Gasteiger partial charge in [-0.2, -0.15) is 0 Å². The van der Waals surface area contributed by atoms with Gasteiger partial charge in [-0.15, -0.1) is 11.3 Å². The van der Waals surface area contributed by atoms with Gasteiger partial charge >= 0.3 is 5.97 Å². The lowest BCUT2D eigenvalue weighted by Crippen LogP contribution is -2.46. The normalized spacial score (nSPS) is 22.2. The van der Waals surface area contributed by atoms with Crippen molar-refractivity contribution in [1.82, 2.24) is 4.90 Å². The number of amides is 1. The third kappa shape index (κ3) is 4.44. The second kappa shape index (κ2) is 9.95. The molecule has 2 heterocycles. The first-order valence-electron chi connectivity index (χ1n) is 11.3. The molecular formula is C25H23ClN2O6S2. The molecule has 11 heteroatoms. The molecule has 1 saturated carbocycles. The molecule has 5 rings (SSSR count). The Bertz CT molecular complexity index is 1320. The van der Waals surface area contributed by atoms with E-state index in [9.17, 15) is 23.5 Å². The fraction of sp³-hybridized carbons (Fsp3) is 0.280. The van der Waals surface area contributed by atoms with Crippen LogP contribution in [0.3, 0.4) is 0 Å². The molecule has 2 aromatic carbocycles. The van der Waals surface area contributed by atoms with Crippen molar-refractivity contribution >= 4 is 51.1 Å². The molecule has 3 unspecified atom stereocenters. The Kier molecular flexibility index (Phi) is 6.88. The molecule has 0 radical (unpaired) electrons. The first-order valence-corrected chi connectivity index (χ1v) is 13.5. The van der Waals surface area contributed by atoms with Crippen LogP contribution in [0.25, 0.3) is 10.4 Å². The number of benzene rings is 2. The zero-order valence-electron chi connectivity index (χ0n) is 19.0. The van der Waals surface area contributed by atoms with Crippen LogP contribution in [0.2, 0.25) is 5.02 Å². The van der Waals surface area contributed by atoms with Crippen molar-refractivity contribution in [3.05, 3.63) is 76.8 Å². The quantitative estimate of drug-likeness (QED) is 0.423. The molecule has 1 aromatic heterocycles. The molecule has 1 saturated heterocycles. The highest BCUT2D eigenvalue weighted by molar-refractivity contribution is 7.81. The van der Waals surface area contributed by atoms with E-state index in [1.54, 1.807) is 53.4 Å². The molecule has 2 fully saturated rings. The Balaban J connectivity index is 1.50. The van der Waals surface area contributed by atoms with Crippen molar-refractivity contribution in [2.45, 2.75) is 17.9 Å². The summed E-state index contributed by atoms with van der Waals surface area (Å²) in [6.45, 7) is 1.80. The maximum atomic E-state index is 13.3. The van der Waals surface area contributed by atoms with Gasteiger partial charge in [0.25, 0.3) is 17.2 Å². The Morgan fingerprint density at radius 1 is 1.08 bits per heavy atom. The van der Waals surface area contributed by atoms with Crippen LogP contribution in [0.4, 0.5) is 5.00 Å². The average molecular weight is 547 g/mol. The van der Waals surface area contributed by atoms with Gasteiger partial charge in [-0.05, 0) is 47.9 Å². The number of aliphatic carboxylic acids is 1. The van der Waals surface area contributed by atoms with Gasteiger partial charge in [0.2, 0.25) is 0 Å². The maximum absolute atomic E-state index is 13.3. The van der Waals surface area contributed by atoms with Gasteiger partial charge in [-0.25, -0.2) is 13.3 Å². The Labute approximate surface area is 219 Å². The molecule has 1 amide bonds. The summed E-state index contributed by atoms with van der Waals surface area (Å²) >= 11 is 4.59. The van der Waals surface area contributed by atoms with E-state index in [0.29, 0.717) is 47.5 Å². The smallest absolute Gasteiger partial charge is 0.331 e. The number of rotatable bonds is 7. The number of nitrogens with zero attached hydrogens (tertiary/aromatic N) is 2. The summed E-state index contributed by atoms with van der Waals surface area (Å²) in [5, 5.41) is 11.3. The number of carbonyl (C=O) groups is 2. The van der Waals surface area contributed by atoms with E-state index < -0.39 is 28.7 Å². The average Bonchev–Trinajstić information content (AvgIpc) is 3.44. The lowest BCUT2D eigenvalue weighted by molar-refractivity contribution is -0.139. The molecular weight excluding hydrogens is 524 g/mol. The van der Waals surface area contributed by atoms with E-state index in [4.69, 9.17) is 16.3 Å². The third-order valence-electron chi connectivity index (χ3n) is 6.61. The summed E-state index contributed by atoms with van der Waals surface area (Å²) in [6, 6.07) is 17.5. The number of ether oxygens (including phenoxy) is 1. The minimum Gasteiger partial charge on any atom is -0.479 e. The maximum Gasteiger partial charge on any atom is 0.331 e. The van der Waals surface area contributed by atoms with Crippen molar-refractivity contribution < 1.29 is 28.2 Å². The number of carboxylic acid groups (broad SMARTS) is 1. The topological polar surface area (TPSA) is 107 Å². The van der Waals surface area contributed by atoms with Crippen molar-refractivity contribution in [2.24, 2.45) is 0 Å². The van der Waals surface area contributed by atoms with E-state index >= 15 is 0 Å². The summed E-state index contributed by atoms with van der Waals surface area (Å²) < 4.78 is 29.3. The Morgan fingerprint density at radius 3 is 2.44 bits per heavy atom. The predicted octanol–water partition coefficient (Wildman–Crippen LogP) is 4.49. The van der Waals surface area contributed by atoms with E-state index in [1.807, 2.05) is 12.1 Å². The van der Waals surface area contributed by atoms with Crippen molar-refractivity contribution in [2.75, 3.05) is 30.6 Å². The van der Waals surface area contributed by atoms with Crippen molar-refractivity contribution in [3.8, 4) is 10.4 Å². The summed E-state index contributed by atoms with van der Waals surface area (Å²) in [6.07, 6.45) is 0.0935. The molecule has 3 aromatic rings. The minimum atomic E-state index is -2.61. The van der Waals surface area contributed by atoms with E-state index in [-0.39, 0.29) is 12.3 Å². The van der Waals surface area contributed by atoms with Gasteiger partial charge in [-0.3, -0.25) is 9.35 Å². The van der Waals surface area contributed by atoms with Crippen LogP contribution in [0.15, 0.2) is 60.7 Å². The number of hydrogen-bond acceptors (Lipinski definition) is 5. The van der Waals surface area contributed by atoms with Crippen molar-refractivity contribution in [3.63, 3.8) is 0 Å². The lowest BCUT2D eigenvalue weighted by Gasteiger charge is -2.29. The molecule has 0 bridgehead atoms. The monoisotopic (exact) mass is 546 g/mol. The number of halogens is 1. The van der Waals surface area contributed by atoms with Gasteiger partial charge in [-0.1, -0.05) is 41.9 Å². The van der Waals surface area contributed by atoms with Crippen LogP contribution < -0.4 is 4.31 Å². The fourth-order valence-electron chi connectivity index (χ4n) is 4.72. The highest BCUT2D eigenvalue weighted by Crippen LogP contribution is 2.59. The molecule has 1 aliphatic carbocycles. The molecule has 2 N–H and O–H groups in total. The van der Waals surface area contributed by atoms with Crippen LogP contribution in [0.5, 0.6) is 0 Å². The second-order valence-electron chi connectivity index (χ2n) is 8.65. The first-order chi connectivity index (χ1) is 17.3. The predicted molar refractivity (Wildman–Crippen MR) is 139 cm³/mol. The van der Waals surface area contributed by atoms with E-state index in [2.05, 4.69) is 0 Å². The van der Waals surface area contributed by atoms with Crippen LogP contribution in [0.1, 0.15) is 28.3 Å². The Morgan fingerprint density at radius 2 is 1.78 bits per heavy atom. The van der Waals surface area contributed by atoms with Crippen molar-refractivity contribution in [1.29, 1.82) is 0 Å². The number of carbonyl (C=O) groups excluding carboxylic acids is 1. The van der Waals surface area contributed by atoms with Crippen LogP contribution in [-0.4, -0.2) is 62.5 Å². The highest BCUT2D eigenvalue weighted by Gasteiger charge is 2.68. The summed E-state index contributed by atoms with van der Waals surface area (Å²) in [5.74, 6) is -2.06. The number of thiophene rings is 1. The van der Waals surface area contributed by atoms with Gasteiger partial charge < -0.3 is 14.7 Å². The van der Waals surface area contributed by atoms with Gasteiger partial charge in [0, 0.05) is 34.5 Å². The largest absolute Gasteiger partial charge is 0.479 e. The van der Waals surface area contributed by atoms with Crippen LogP contribution >= 0.6 is 22.9 Å². The van der Waals surface area contributed by atoms with Crippen LogP contribution in [0, 0.1) is 0 Å². The molecule has 188 valence electrons.